The van der Waals surface area contributed by atoms with Gasteiger partial charge in [-0.1, -0.05) is 24.3 Å². The SMILES string of the molecule is O=C(c1ccc2ccccc2n1)N1CCC(c2nnc(C(F)(F)F)o2)CC1. The lowest BCUT2D eigenvalue weighted by atomic mass is 9.96. The molecule has 0 saturated carbocycles. The van der Waals surface area contributed by atoms with Crippen LogP contribution < -0.4 is 0 Å². The third-order valence-electron chi connectivity index (χ3n) is 4.63. The summed E-state index contributed by atoms with van der Waals surface area (Å²) in [7, 11) is 0. The van der Waals surface area contributed by atoms with Gasteiger partial charge in [-0.05, 0) is 25.0 Å². The van der Waals surface area contributed by atoms with E-state index in [1.165, 1.54) is 0 Å². The number of halogens is 3. The van der Waals surface area contributed by atoms with E-state index >= 15 is 0 Å². The number of alkyl halides is 3. The van der Waals surface area contributed by atoms with E-state index in [0.717, 1.165) is 10.9 Å². The van der Waals surface area contributed by atoms with E-state index < -0.39 is 12.1 Å². The van der Waals surface area contributed by atoms with E-state index in [1.807, 2.05) is 30.3 Å². The Morgan fingerprint density at radius 3 is 2.52 bits per heavy atom. The molecule has 0 bridgehead atoms. The van der Waals surface area contributed by atoms with Gasteiger partial charge in [0.1, 0.15) is 5.69 Å². The molecule has 1 saturated heterocycles. The molecular formula is C18H15F3N4O2. The van der Waals surface area contributed by atoms with E-state index in [4.69, 9.17) is 4.42 Å². The molecule has 1 aliphatic rings. The molecule has 3 heterocycles. The molecule has 0 radical (unpaired) electrons. The van der Waals surface area contributed by atoms with Gasteiger partial charge in [-0.15, -0.1) is 10.2 Å². The maximum absolute atomic E-state index is 12.7. The summed E-state index contributed by atoms with van der Waals surface area (Å²) in [4.78, 5) is 18.7. The van der Waals surface area contributed by atoms with Crippen molar-refractivity contribution >= 4 is 16.8 Å². The summed E-state index contributed by atoms with van der Waals surface area (Å²) in [6, 6.07) is 11.0. The van der Waals surface area contributed by atoms with Crippen LogP contribution in [0, 0.1) is 0 Å². The van der Waals surface area contributed by atoms with Crippen LogP contribution in [0.5, 0.6) is 0 Å². The summed E-state index contributed by atoms with van der Waals surface area (Å²) in [5.74, 6) is -1.85. The molecule has 1 aliphatic heterocycles. The lowest BCUT2D eigenvalue weighted by Crippen LogP contribution is -2.38. The lowest BCUT2D eigenvalue weighted by molar-refractivity contribution is -0.157. The zero-order valence-corrected chi connectivity index (χ0v) is 14.1. The van der Waals surface area contributed by atoms with Crippen molar-refractivity contribution in [2.24, 2.45) is 0 Å². The highest BCUT2D eigenvalue weighted by Gasteiger charge is 2.39. The van der Waals surface area contributed by atoms with E-state index in [-0.39, 0.29) is 17.7 Å². The van der Waals surface area contributed by atoms with Gasteiger partial charge in [0.2, 0.25) is 5.89 Å². The number of piperidine rings is 1. The van der Waals surface area contributed by atoms with Gasteiger partial charge in [-0.2, -0.15) is 13.2 Å². The van der Waals surface area contributed by atoms with E-state index in [0.29, 0.717) is 31.6 Å². The Morgan fingerprint density at radius 2 is 1.81 bits per heavy atom. The Kier molecular flexibility index (Phi) is 4.29. The predicted molar refractivity (Wildman–Crippen MR) is 88.9 cm³/mol. The Labute approximate surface area is 152 Å². The molecule has 1 amide bonds. The van der Waals surface area contributed by atoms with Gasteiger partial charge in [-0.3, -0.25) is 4.79 Å². The molecule has 6 nitrogen and oxygen atoms in total. The Balaban J connectivity index is 1.43. The fourth-order valence-electron chi connectivity index (χ4n) is 3.19. The quantitative estimate of drug-likeness (QED) is 0.683. The minimum absolute atomic E-state index is 0.0294. The van der Waals surface area contributed by atoms with Crippen LogP contribution in [-0.4, -0.2) is 39.1 Å². The summed E-state index contributed by atoms with van der Waals surface area (Å²) in [5.41, 5.74) is 1.09. The summed E-state index contributed by atoms with van der Waals surface area (Å²) >= 11 is 0. The van der Waals surface area contributed by atoms with Gasteiger partial charge >= 0.3 is 12.1 Å². The number of hydrogen-bond acceptors (Lipinski definition) is 5. The zero-order chi connectivity index (χ0) is 19.0. The van der Waals surface area contributed by atoms with Crippen LogP contribution >= 0.6 is 0 Å². The number of nitrogens with zero attached hydrogens (tertiary/aromatic N) is 4. The monoisotopic (exact) mass is 376 g/mol. The molecule has 0 unspecified atom stereocenters. The highest BCUT2D eigenvalue weighted by molar-refractivity contribution is 5.95. The standard InChI is InChI=1S/C18H15F3N4O2/c19-18(20,21)17-24-23-15(27-17)12-7-9-25(10-8-12)16(26)14-6-5-11-3-1-2-4-13(11)22-14/h1-6,12H,7-10H2. The minimum atomic E-state index is -4.65. The molecule has 0 N–H and O–H groups in total. The molecule has 1 aromatic carbocycles. The van der Waals surface area contributed by atoms with Crippen molar-refractivity contribution in [2.45, 2.75) is 24.9 Å². The number of amides is 1. The molecule has 0 atom stereocenters. The highest BCUT2D eigenvalue weighted by atomic mass is 19.4. The highest BCUT2D eigenvalue weighted by Crippen LogP contribution is 2.32. The second-order valence-electron chi connectivity index (χ2n) is 6.40. The average molecular weight is 376 g/mol. The predicted octanol–water partition coefficient (Wildman–Crippen LogP) is 3.66. The van der Waals surface area contributed by atoms with Crippen molar-refractivity contribution < 1.29 is 22.4 Å². The number of hydrogen-bond donors (Lipinski definition) is 0. The fourth-order valence-corrected chi connectivity index (χ4v) is 3.19. The van der Waals surface area contributed by atoms with Crippen molar-refractivity contribution in [3.63, 3.8) is 0 Å². The van der Waals surface area contributed by atoms with Crippen molar-refractivity contribution in [2.75, 3.05) is 13.1 Å². The number of benzene rings is 1. The first-order valence-corrected chi connectivity index (χ1v) is 8.47. The number of para-hydroxylation sites is 1. The minimum Gasteiger partial charge on any atom is -0.417 e. The summed E-state index contributed by atoms with van der Waals surface area (Å²) < 4.78 is 42.5. The van der Waals surface area contributed by atoms with E-state index in [1.54, 1.807) is 11.0 Å². The molecule has 27 heavy (non-hydrogen) atoms. The fraction of sp³-hybridized carbons (Fsp3) is 0.333. The van der Waals surface area contributed by atoms with E-state index in [2.05, 4.69) is 15.2 Å². The number of aromatic nitrogens is 3. The van der Waals surface area contributed by atoms with Crippen LogP contribution in [0.2, 0.25) is 0 Å². The largest absolute Gasteiger partial charge is 0.470 e. The summed E-state index contributed by atoms with van der Waals surface area (Å²) in [6.45, 7) is 0.781. The molecule has 9 heteroatoms. The number of carbonyl (C=O) groups excluding carboxylic acids is 1. The first-order chi connectivity index (χ1) is 12.9. The number of pyridine rings is 1. The van der Waals surface area contributed by atoms with Crippen LogP contribution in [0.1, 0.15) is 41.0 Å². The van der Waals surface area contributed by atoms with Gasteiger partial charge in [0, 0.05) is 24.4 Å². The van der Waals surface area contributed by atoms with Crippen LogP contribution in [0.25, 0.3) is 10.9 Å². The van der Waals surface area contributed by atoms with Crippen molar-refractivity contribution in [3.8, 4) is 0 Å². The third-order valence-corrected chi connectivity index (χ3v) is 4.63. The third kappa shape index (κ3) is 3.49. The summed E-state index contributed by atoms with van der Waals surface area (Å²) in [6.07, 6.45) is -3.73. The van der Waals surface area contributed by atoms with Gasteiger partial charge in [0.15, 0.2) is 0 Å². The van der Waals surface area contributed by atoms with Gasteiger partial charge in [0.25, 0.3) is 5.91 Å². The van der Waals surface area contributed by atoms with Gasteiger partial charge in [-0.25, -0.2) is 4.98 Å². The van der Waals surface area contributed by atoms with Crippen LogP contribution in [0.4, 0.5) is 13.2 Å². The van der Waals surface area contributed by atoms with Crippen LogP contribution in [-0.2, 0) is 6.18 Å². The zero-order valence-electron chi connectivity index (χ0n) is 14.1. The van der Waals surface area contributed by atoms with Crippen molar-refractivity contribution in [3.05, 3.63) is 53.9 Å². The molecule has 4 rings (SSSR count). The number of rotatable bonds is 2. The van der Waals surface area contributed by atoms with Gasteiger partial charge in [0.05, 0.1) is 5.52 Å². The maximum Gasteiger partial charge on any atom is 0.470 e. The Bertz CT molecular complexity index is 978. The number of carbonyl (C=O) groups is 1. The number of likely N-dealkylation sites (tertiary alicyclic amines) is 1. The van der Waals surface area contributed by atoms with E-state index in [9.17, 15) is 18.0 Å². The molecule has 140 valence electrons. The Hall–Kier alpha value is -2.97. The smallest absolute Gasteiger partial charge is 0.417 e. The van der Waals surface area contributed by atoms with Crippen molar-refractivity contribution in [1.29, 1.82) is 0 Å². The van der Waals surface area contributed by atoms with Crippen LogP contribution in [0.3, 0.4) is 0 Å². The first kappa shape index (κ1) is 17.4. The Morgan fingerprint density at radius 1 is 1.07 bits per heavy atom. The maximum atomic E-state index is 12.7. The first-order valence-electron chi connectivity index (χ1n) is 8.47. The number of fused-ring (bicyclic) bond motifs is 1. The molecule has 2 aromatic heterocycles. The average Bonchev–Trinajstić information content (AvgIpc) is 3.18. The topological polar surface area (TPSA) is 72.1 Å². The molecule has 0 aliphatic carbocycles. The molecule has 1 fully saturated rings. The molecule has 0 spiro atoms. The normalized spacial score (nSPS) is 16.0. The lowest BCUT2D eigenvalue weighted by Gasteiger charge is -2.30. The summed E-state index contributed by atoms with van der Waals surface area (Å²) in [5, 5.41) is 7.53. The molecular weight excluding hydrogens is 361 g/mol. The van der Waals surface area contributed by atoms with Crippen molar-refractivity contribution in [1.82, 2.24) is 20.1 Å². The van der Waals surface area contributed by atoms with Gasteiger partial charge < -0.3 is 9.32 Å². The molecule has 3 aromatic rings. The second kappa shape index (κ2) is 6.64. The second-order valence-corrected chi connectivity index (χ2v) is 6.40. The van der Waals surface area contributed by atoms with Crippen LogP contribution in [0.15, 0.2) is 40.8 Å².